The number of benzene rings is 1. The molecular weight excluding hydrogens is 267 g/mol. The quantitative estimate of drug-likeness (QED) is 0.791. The van der Waals surface area contributed by atoms with Crippen LogP contribution in [-0.2, 0) is 10.2 Å². The van der Waals surface area contributed by atoms with Crippen molar-refractivity contribution in [2.75, 3.05) is 0 Å². The molecule has 4 nitrogen and oxygen atoms in total. The molecule has 0 bridgehead atoms. The molecule has 0 aliphatic carbocycles. The maximum atomic E-state index is 12.9. The molecule has 0 fully saturated rings. The molecule has 1 aromatic heterocycles. The largest absolute Gasteiger partial charge is 0.335 e. The monoisotopic (exact) mass is 274 g/mol. The van der Waals surface area contributed by atoms with Crippen molar-refractivity contribution in [3.63, 3.8) is 0 Å². The summed E-state index contributed by atoms with van der Waals surface area (Å²) in [7, 11) is -4.76. The normalized spacial score (nSPS) is 11.7. The van der Waals surface area contributed by atoms with Crippen LogP contribution in [0.25, 0.3) is 5.69 Å². The molecule has 0 spiro atoms. The summed E-state index contributed by atoms with van der Waals surface area (Å²) in [5.41, 5.74) is 0.683. The third-order valence-corrected chi connectivity index (χ3v) is 3.55. The van der Waals surface area contributed by atoms with Crippen molar-refractivity contribution in [2.24, 2.45) is 0 Å². The summed E-state index contributed by atoms with van der Waals surface area (Å²) in [6, 6.07) is 6.77. The highest BCUT2D eigenvalue weighted by Gasteiger charge is 2.20. The van der Waals surface area contributed by atoms with Gasteiger partial charge in [-0.1, -0.05) is 23.7 Å². The van der Waals surface area contributed by atoms with Crippen LogP contribution in [0.15, 0.2) is 35.4 Å². The van der Waals surface area contributed by atoms with Crippen molar-refractivity contribution < 1.29 is 12.3 Å². The van der Waals surface area contributed by atoms with Gasteiger partial charge in [0.15, 0.2) is 0 Å². The molecule has 0 radical (unpaired) electrons. The molecule has 0 aliphatic heterocycles. The molecule has 1 heterocycles. The van der Waals surface area contributed by atoms with Gasteiger partial charge in [0.25, 0.3) is 0 Å². The van der Waals surface area contributed by atoms with Crippen LogP contribution in [0.4, 0.5) is 3.89 Å². The molecule has 7 heteroatoms. The Morgan fingerprint density at radius 1 is 1.35 bits per heavy atom. The van der Waals surface area contributed by atoms with Gasteiger partial charge in [-0.25, -0.2) is 4.68 Å². The van der Waals surface area contributed by atoms with Gasteiger partial charge in [0.2, 0.25) is 0 Å². The zero-order valence-corrected chi connectivity index (χ0v) is 10.3. The maximum absolute atomic E-state index is 12.9. The Morgan fingerprint density at radius 2 is 2.00 bits per heavy atom. The smallest absolute Gasteiger partial charge is 0.235 e. The number of para-hydroxylation sites is 1. The SMILES string of the molecule is Cc1c(S(=O)(=O)F)cnn1-c1ccccc1Cl. The van der Waals surface area contributed by atoms with Crippen LogP contribution < -0.4 is 0 Å². The Hall–Kier alpha value is -1.40. The molecule has 0 unspecified atom stereocenters. The Morgan fingerprint density at radius 3 is 2.53 bits per heavy atom. The highest BCUT2D eigenvalue weighted by atomic mass is 35.5. The van der Waals surface area contributed by atoms with Crippen LogP contribution in [0.5, 0.6) is 0 Å². The topological polar surface area (TPSA) is 52.0 Å². The molecule has 90 valence electrons. The molecule has 0 amide bonds. The van der Waals surface area contributed by atoms with Crippen LogP contribution in [0.2, 0.25) is 5.02 Å². The van der Waals surface area contributed by atoms with Gasteiger partial charge in [0.05, 0.1) is 22.6 Å². The van der Waals surface area contributed by atoms with E-state index < -0.39 is 15.1 Å². The molecule has 0 N–H and O–H groups in total. The van der Waals surface area contributed by atoms with Crippen molar-refractivity contribution in [3.05, 3.63) is 41.2 Å². The standard InChI is InChI=1S/C10H8ClFN2O2S/c1-7-10(17(12,15)16)6-13-14(7)9-5-3-2-4-8(9)11/h2-6H,1H3. The minimum Gasteiger partial charge on any atom is -0.235 e. The van der Waals surface area contributed by atoms with Gasteiger partial charge in [-0.2, -0.15) is 13.5 Å². The Labute approximate surface area is 103 Å². The Balaban J connectivity index is 2.64. The molecule has 1 aromatic carbocycles. The van der Waals surface area contributed by atoms with E-state index in [-0.39, 0.29) is 5.69 Å². The van der Waals surface area contributed by atoms with Crippen molar-refractivity contribution in [1.82, 2.24) is 9.78 Å². The van der Waals surface area contributed by atoms with Gasteiger partial charge in [0, 0.05) is 0 Å². The summed E-state index contributed by atoms with van der Waals surface area (Å²) in [4.78, 5) is -0.447. The van der Waals surface area contributed by atoms with E-state index in [0.29, 0.717) is 10.7 Å². The second-order valence-electron chi connectivity index (χ2n) is 3.40. The van der Waals surface area contributed by atoms with E-state index in [1.807, 2.05) is 0 Å². The predicted molar refractivity (Wildman–Crippen MR) is 61.6 cm³/mol. The van der Waals surface area contributed by atoms with Gasteiger partial charge >= 0.3 is 10.2 Å². The first-order chi connectivity index (χ1) is 7.91. The Kier molecular flexibility index (Phi) is 2.92. The van der Waals surface area contributed by atoms with Crippen LogP contribution in [0, 0.1) is 6.92 Å². The zero-order chi connectivity index (χ0) is 12.6. The summed E-state index contributed by atoms with van der Waals surface area (Å²) in [5, 5.41) is 4.23. The second kappa shape index (κ2) is 4.12. The van der Waals surface area contributed by atoms with Gasteiger partial charge in [-0.3, -0.25) is 0 Å². The van der Waals surface area contributed by atoms with E-state index in [1.54, 1.807) is 24.3 Å². The highest BCUT2D eigenvalue weighted by molar-refractivity contribution is 7.86. The lowest BCUT2D eigenvalue weighted by Gasteiger charge is -2.06. The predicted octanol–water partition coefficient (Wildman–Crippen LogP) is 2.49. The van der Waals surface area contributed by atoms with E-state index in [9.17, 15) is 12.3 Å². The minimum absolute atomic E-state index is 0.181. The third-order valence-electron chi connectivity index (χ3n) is 2.31. The average molecular weight is 275 g/mol. The van der Waals surface area contributed by atoms with Crippen LogP contribution in [0.1, 0.15) is 5.69 Å². The molecule has 17 heavy (non-hydrogen) atoms. The van der Waals surface area contributed by atoms with Crippen LogP contribution in [-0.4, -0.2) is 18.2 Å². The van der Waals surface area contributed by atoms with E-state index in [2.05, 4.69) is 5.10 Å². The molecule has 0 saturated heterocycles. The van der Waals surface area contributed by atoms with E-state index in [1.165, 1.54) is 11.6 Å². The van der Waals surface area contributed by atoms with Gasteiger partial charge in [-0.05, 0) is 19.1 Å². The summed E-state index contributed by atoms with van der Waals surface area (Å²) in [5.74, 6) is 0. The van der Waals surface area contributed by atoms with E-state index in [4.69, 9.17) is 11.6 Å². The number of aromatic nitrogens is 2. The van der Waals surface area contributed by atoms with E-state index in [0.717, 1.165) is 6.20 Å². The lowest BCUT2D eigenvalue weighted by Crippen LogP contribution is -2.01. The van der Waals surface area contributed by atoms with E-state index >= 15 is 0 Å². The first kappa shape index (κ1) is 12.1. The number of halogens is 2. The first-order valence-electron chi connectivity index (χ1n) is 4.65. The summed E-state index contributed by atoms with van der Waals surface area (Å²) >= 11 is 5.95. The van der Waals surface area contributed by atoms with Gasteiger partial charge in [0.1, 0.15) is 4.90 Å². The third kappa shape index (κ3) is 2.18. The van der Waals surface area contributed by atoms with Crippen LogP contribution in [0.3, 0.4) is 0 Å². The zero-order valence-electron chi connectivity index (χ0n) is 8.76. The fraction of sp³-hybridized carbons (Fsp3) is 0.100. The minimum atomic E-state index is -4.76. The number of nitrogens with zero attached hydrogens (tertiary/aromatic N) is 2. The number of hydrogen-bond acceptors (Lipinski definition) is 3. The van der Waals surface area contributed by atoms with Crippen molar-refractivity contribution in [1.29, 1.82) is 0 Å². The lowest BCUT2D eigenvalue weighted by molar-refractivity contribution is 0.551. The number of hydrogen-bond donors (Lipinski definition) is 0. The van der Waals surface area contributed by atoms with Crippen molar-refractivity contribution in [2.45, 2.75) is 11.8 Å². The van der Waals surface area contributed by atoms with Crippen molar-refractivity contribution >= 4 is 21.8 Å². The lowest BCUT2D eigenvalue weighted by atomic mass is 10.3. The highest BCUT2D eigenvalue weighted by Crippen LogP contribution is 2.24. The van der Waals surface area contributed by atoms with Crippen LogP contribution >= 0.6 is 11.6 Å². The first-order valence-corrected chi connectivity index (χ1v) is 6.41. The molecule has 2 aromatic rings. The molecule has 2 rings (SSSR count). The maximum Gasteiger partial charge on any atom is 0.335 e. The summed E-state index contributed by atoms with van der Waals surface area (Å²) < 4.78 is 35.8. The molecule has 0 saturated carbocycles. The molecule has 0 atom stereocenters. The van der Waals surface area contributed by atoms with Crippen molar-refractivity contribution in [3.8, 4) is 5.69 Å². The molecular formula is C10H8ClFN2O2S. The molecule has 0 aliphatic rings. The summed E-state index contributed by atoms with van der Waals surface area (Å²) in [6.45, 7) is 1.46. The van der Waals surface area contributed by atoms with Gasteiger partial charge < -0.3 is 0 Å². The fourth-order valence-corrected chi connectivity index (χ4v) is 2.33. The fourth-order valence-electron chi connectivity index (χ4n) is 1.50. The van der Waals surface area contributed by atoms with Gasteiger partial charge in [-0.15, -0.1) is 3.89 Å². The number of rotatable bonds is 2. The average Bonchev–Trinajstić information content (AvgIpc) is 2.60. The summed E-state index contributed by atoms with van der Waals surface area (Å²) in [6.07, 6.45) is 0.966. The Bertz CT molecular complexity index is 667. The second-order valence-corrected chi connectivity index (χ2v) is 5.12.